The summed E-state index contributed by atoms with van der Waals surface area (Å²) < 4.78 is 7.28. The van der Waals surface area contributed by atoms with E-state index in [2.05, 4.69) is 15.5 Å². The normalized spacial score (nSPS) is 12.6. The number of nitrogens with one attached hydrogen (secondary N) is 1. The van der Waals surface area contributed by atoms with Crippen LogP contribution in [0.4, 0.5) is 5.69 Å². The van der Waals surface area contributed by atoms with Crippen LogP contribution in [0.1, 0.15) is 10.4 Å². The maximum absolute atomic E-state index is 12.9. The van der Waals surface area contributed by atoms with Gasteiger partial charge in [0.1, 0.15) is 5.75 Å². The van der Waals surface area contributed by atoms with Gasteiger partial charge in [-0.15, -0.1) is 10.2 Å². The summed E-state index contributed by atoms with van der Waals surface area (Å²) in [7, 11) is 0. The van der Waals surface area contributed by atoms with Crippen LogP contribution in [0.15, 0.2) is 78.0 Å². The molecular formula is C24H17ClN4O3S. The van der Waals surface area contributed by atoms with Crippen LogP contribution >= 0.6 is 23.4 Å². The zero-order valence-electron chi connectivity index (χ0n) is 17.2. The molecule has 0 saturated carbocycles. The molecule has 0 atom stereocenters. The molecule has 9 heteroatoms. The van der Waals surface area contributed by atoms with E-state index in [-0.39, 0.29) is 24.1 Å². The first kappa shape index (κ1) is 21.2. The number of ketones is 1. The molecule has 1 aliphatic heterocycles. The topological polar surface area (TPSA) is 86.1 Å². The molecule has 5 rings (SSSR count). The minimum Gasteiger partial charge on any atom is -0.482 e. The van der Waals surface area contributed by atoms with Crippen LogP contribution in [0.5, 0.6) is 5.75 Å². The summed E-state index contributed by atoms with van der Waals surface area (Å²) in [4.78, 5) is 24.5. The van der Waals surface area contributed by atoms with Crippen molar-refractivity contribution in [2.45, 2.75) is 5.16 Å². The van der Waals surface area contributed by atoms with Gasteiger partial charge in [-0.1, -0.05) is 41.6 Å². The average molecular weight is 477 g/mol. The molecule has 164 valence electrons. The summed E-state index contributed by atoms with van der Waals surface area (Å²) in [5.41, 5.74) is 2.73. The number of ether oxygens (including phenoxy) is 1. The zero-order chi connectivity index (χ0) is 22.8. The number of hydrogen-bond donors (Lipinski definition) is 1. The van der Waals surface area contributed by atoms with Crippen LogP contribution in [-0.2, 0) is 4.79 Å². The van der Waals surface area contributed by atoms with Gasteiger partial charge in [0, 0.05) is 21.8 Å². The molecule has 0 radical (unpaired) electrons. The standard InChI is InChI=1S/C24H17ClN4O3S/c25-17-9-6-15(7-10-17)23-27-28-24(29(23)18-4-2-1-3-5-18)33-14-20(30)16-8-11-21-19(12-16)26-22(31)13-32-21/h1-12H,13-14H2,(H,26,31). The van der Waals surface area contributed by atoms with Gasteiger partial charge in [-0.05, 0) is 54.6 Å². The van der Waals surface area contributed by atoms with E-state index in [4.69, 9.17) is 16.3 Å². The first-order valence-electron chi connectivity index (χ1n) is 10.1. The number of rotatable bonds is 6. The fourth-order valence-corrected chi connectivity index (χ4v) is 4.40. The van der Waals surface area contributed by atoms with Crippen molar-refractivity contribution in [1.82, 2.24) is 14.8 Å². The van der Waals surface area contributed by atoms with Crippen molar-refractivity contribution in [3.05, 3.63) is 83.4 Å². The van der Waals surface area contributed by atoms with Crippen molar-refractivity contribution in [1.29, 1.82) is 0 Å². The third-order valence-corrected chi connectivity index (χ3v) is 6.20. The Morgan fingerprint density at radius 1 is 1.06 bits per heavy atom. The Morgan fingerprint density at radius 3 is 2.64 bits per heavy atom. The highest BCUT2D eigenvalue weighted by molar-refractivity contribution is 7.99. The molecule has 7 nitrogen and oxygen atoms in total. The predicted octanol–water partition coefficient (Wildman–Crippen LogP) is 4.89. The second-order valence-corrected chi connectivity index (χ2v) is 8.62. The number of fused-ring (bicyclic) bond motifs is 1. The second kappa shape index (κ2) is 9.09. The molecule has 0 fully saturated rings. The predicted molar refractivity (Wildman–Crippen MR) is 127 cm³/mol. The number of nitrogens with zero attached hydrogens (tertiary/aromatic N) is 3. The molecule has 3 aromatic carbocycles. The number of carbonyl (C=O) groups is 2. The lowest BCUT2D eigenvalue weighted by Crippen LogP contribution is -2.25. The largest absolute Gasteiger partial charge is 0.482 e. The lowest BCUT2D eigenvalue weighted by atomic mass is 10.1. The SMILES string of the molecule is O=C1COc2ccc(C(=O)CSc3nnc(-c4ccc(Cl)cc4)n3-c3ccccc3)cc2N1. The van der Waals surface area contributed by atoms with E-state index >= 15 is 0 Å². The van der Waals surface area contributed by atoms with Gasteiger partial charge in [-0.25, -0.2) is 0 Å². The summed E-state index contributed by atoms with van der Waals surface area (Å²) in [6, 6.07) is 22.1. The van der Waals surface area contributed by atoms with Crippen LogP contribution in [-0.4, -0.2) is 38.8 Å². The highest BCUT2D eigenvalue weighted by Gasteiger charge is 2.20. The number of para-hydroxylation sites is 1. The number of aromatic nitrogens is 3. The minimum atomic E-state index is -0.243. The minimum absolute atomic E-state index is 0.0265. The number of halogens is 1. The summed E-state index contributed by atoms with van der Waals surface area (Å²) in [6.45, 7) is -0.0265. The zero-order valence-corrected chi connectivity index (χ0v) is 18.8. The molecule has 0 spiro atoms. The van der Waals surface area contributed by atoms with Gasteiger partial charge < -0.3 is 10.1 Å². The number of hydrogen-bond acceptors (Lipinski definition) is 6. The Kier molecular flexibility index (Phi) is 5.85. The van der Waals surface area contributed by atoms with Gasteiger partial charge >= 0.3 is 0 Å². The van der Waals surface area contributed by atoms with E-state index in [0.717, 1.165) is 11.3 Å². The fraction of sp³-hybridized carbons (Fsp3) is 0.0833. The highest BCUT2D eigenvalue weighted by atomic mass is 35.5. The summed E-state index contributed by atoms with van der Waals surface area (Å²) in [5, 5.41) is 12.7. The van der Waals surface area contributed by atoms with Gasteiger partial charge in [0.05, 0.1) is 11.4 Å². The van der Waals surface area contributed by atoms with E-state index in [1.807, 2.05) is 47.0 Å². The Hall–Kier alpha value is -3.62. The van der Waals surface area contributed by atoms with Gasteiger partial charge in [0.2, 0.25) is 0 Å². The van der Waals surface area contributed by atoms with Crippen molar-refractivity contribution in [2.75, 3.05) is 17.7 Å². The van der Waals surface area contributed by atoms with Crippen molar-refractivity contribution >= 4 is 40.7 Å². The lowest BCUT2D eigenvalue weighted by molar-refractivity contribution is -0.118. The first-order valence-corrected chi connectivity index (χ1v) is 11.4. The van der Waals surface area contributed by atoms with E-state index < -0.39 is 0 Å². The molecular weight excluding hydrogens is 460 g/mol. The van der Waals surface area contributed by atoms with Crippen molar-refractivity contribution < 1.29 is 14.3 Å². The Labute approximate surface area is 198 Å². The van der Waals surface area contributed by atoms with E-state index in [1.54, 1.807) is 30.3 Å². The van der Waals surface area contributed by atoms with E-state index in [0.29, 0.717) is 33.0 Å². The monoisotopic (exact) mass is 476 g/mol. The molecule has 1 aliphatic rings. The summed E-state index contributed by atoms with van der Waals surface area (Å²) in [6.07, 6.45) is 0. The lowest BCUT2D eigenvalue weighted by Gasteiger charge is -2.18. The van der Waals surface area contributed by atoms with Crippen molar-refractivity contribution in [3.63, 3.8) is 0 Å². The van der Waals surface area contributed by atoms with Crippen molar-refractivity contribution in [3.8, 4) is 22.8 Å². The maximum Gasteiger partial charge on any atom is 0.262 e. The number of anilines is 1. The fourth-order valence-electron chi connectivity index (χ4n) is 3.43. The molecule has 33 heavy (non-hydrogen) atoms. The van der Waals surface area contributed by atoms with E-state index in [9.17, 15) is 9.59 Å². The number of amides is 1. The maximum atomic E-state index is 12.9. The molecule has 1 N–H and O–H groups in total. The first-order chi connectivity index (χ1) is 16.1. The molecule has 4 aromatic rings. The van der Waals surface area contributed by atoms with Gasteiger partial charge in [0.25, 0.3) is 5.91 Å². The third kappa shape index (κ3) is 4.48. The molecule has 0 unspecified atom stereocenters. The number of carbonyl (C=O) groups excluding carboxylic acids is 2. The number of benzene rings is 3. The number of thioether (sulfide) groups is 1. The third-order valence-electron chi connectivity index (χ3n) is 5.02. The Morgan fingerprint density at radius 2 is 1.85 bits per heavy atom. The molecule has 2 heterocycles. The smallest absolute Gasteiger partial charge is 0.262 e. The second-order valence-electron chi connectivity index (χ2n) is 7.24. The summed E-state index contributed by atoms with van der Waals surface area (Å²) in [5.74, 6) is 1.02. The molecule has 0 saturated heterocycles. The van der Waals surface area contributed by atoms with Crippen LogP contribution in [0, 0.1) is 0 Å². The van der Waals surface area contributed by atoms with Gasteiger partial charge in [-0.3, -0.25) is 14.2 Å². The van der Waals surface area contributed by atoms with Crippen LogP contribution < -0.4 is 10.1 Å². The Balaban J connectivity index is 1.42. The van der Waals surface area contributed by atoms with Gasteiger partial charge in [0.15, 0.2) is 23.4 Å². The number of Topliss-reactive ketones (excluding diaryl/α,β-unsaturated/α-hetero) is 1. The summed E-state index contributed by atoms with van der Waals surface area (Å²) >= 11 is 7.34. The molecule has 1 aromatic heterocycles. The van der Waals surface area contributed by atoms with Crippen LogP contribution in [0.3, 0.4) is 0 Å². The average Bonchev–Trinajstić information content (AvgIpc) is 3.27. The highest BCUT2D eigenvalue weighted by Crippen LogP contribution is 2.31. The Bertz CT molecular complexity index is 1340. The van der Waals surface area contributed by atoms with Gasteiger partial charge in [-0.2, -0.15) is 0 Å². The molecule has 0 aliphatic carbocycles. The van der Waals surface area contributed by atoms with Crippen LogP contribution in [0.2, 0.25) is 5.02 Å². The van der Waals surface area contributed by atoms with E-state index in [1.165, 1.54) is 11.8 Å². The van der Waals surface area contributed by atoms with Crippen LogP contribution in [0.25, 0.3) is 17.1 Å². The molecule has 1 amide bonds. The molecule has 0 bridgehead atoms. The quantitative estimate of drug-likeness (QED) is 0.315. The van der Waals surface area contributed by atoms with Crippen molar-refractivity contribution in [2.24, 2.45) is 0 Å².